The molecule has 0 atom stereocenters. The summed E-state index contributed by atoms with van der Waals surface area (Å²) in [7, 11) is 0. The third-order valence-corrected chi connectivity index (χ3v) is 5.23. The molecule has 1 aromatic heterocycles. The van der Waals surface area contributed by atoms with Gasteiger partial charge in [0, 0.05) is 21.9 Å². The molecule has 0 aliphatic heterocycles. The summed E-state index contributed by atoms with van der Waals surface area (Å²) in [5.41, 5.74) is 0.874. The van der Waals surface area contributed by atoms with Crippen molar-refractivity contribution in [1.29, 1.82) is 10.5 Å². The highest BCUT2D eigenvalue weighted by atomic mass is 32.1. The SMILES string of the molecule is N#Cc1ccc(C=Cc2ccc(C=Cc3ccc(C#N)cc3[N+](=O)[O-])s2)c([N+](=O)[O-])c1. The van der Waals surface area contributed by atoms with Gasteiger partial charge in [-0.3, -0.25) is 20.2 Å². The molecule has 3 aromatic rings. The number of nitrogens with zero attached hydrogens (tertiary/aromatic N) is 4. The molecule has 0 radical (unpaired) electrons. The Morgan fingerprint density at radius 1 is 0.710 bits per heavy atom. The quantitative estimate of drug-likeness (QED) is 0.368. The molecule has 0 bridgehead atoms. The molecule has 0 amide bonds. The minimum atomic E-state index is -0.534. The summed E-state index contributed by atoms with van der Waals surface area (Å²) < 4.78 is 0. The van der Waals surface area contributed by atoms with E-state index in [2.05, 4.69) is 0 Å². The van der Waals surface area contributed by atoms with Gasteiger partial charge in [-0.05, 0) is 60.7 Å². The fourth-order valence-electron chi connectivity index (χ4n) is 2.72. The lowest BCUT2D eigenvalue weighted by Crippen LogP contribution is -1.92. The normalized spacial score (nSPS) is 10.8. The van der Waals surface area contributed by atoms with Crippen LogP contribution in [-0.2, 0) is 0 Å². The zero-order valence-corrected chi connectivity index (χ0v) is 16.6. The van der Waals surface area contributed by atoms with Gasteiger partial charge in [0.1, 0.15) is 0 Å². The van der Waals surface area contributed by atoms with E-state index in [4.69, 9.17) is 10.5 Å². The van der Waals surface area contributed by atoms with Crippen LogP contribution in [-0.4, -0.2) is 9.85 Å². The fourth-order valence-corrected chi connectivity index (χ4v) is 3.53. The summed E-state index contributed by atoms with van der Waals surface area (Å²) in [5.74, 6) is 0. The summed E-state index contributed by atoms with van der Waals surface area (Å²) in [6.07, 6.45) is 6.65. The molecule has 0 saturated heterocycles. The predicted molar refractivity (Wildman–Crippen MR) is 118 cm³/mol. The van der Waals surface area contributed by atoms with Gasteiger partial charge in [0.05, 0.1) is 44.2 Å². The number of nitro benzene ring substituents is 2. The first-order valence-electron chi connectivity index (χ1n) is 8.74. The molecule has 3 rings (SSSR count). The second-order valence-electron chi connectivity index (χ2n) is 6.19. The average Bonchev–Trinajstić information content (AvgIpc) is 3.23. The van der Waals surface area contributed by atoms with Crippen molar-refractivity contribution in [3.8, 4) is 12.1 Å². The Labute approximate surface area is 180 Å². The first-order chi connectivity index (χ1) is 14.9. The summed E-state index contributed by atoms with van der Waals surface area (Å²) in [6, 6.07) is 15.9. The highest BCUT2D eigenvalue weighted by molar-refractivity contribution is 7.13. The second kappa shape index (κ2) is 9.27. The number of nitro groups is 2. The number of thiophene rings is 1. The highest BCUT2D eigenvalue weighted by Crippen LogP contribution is 2.27. The first kappa shape index (κ1) is 21.1. The molecule has 0 spiro atoms. The van der Waals surface area contributed by atoms with Gasteiger partial charge in [0.15, 0.2) is 0 Å². The van der Waals surface area contributed by atoms with Crippen LogP contribution in [0.4, 0.5) is 11.4 Å². The molecule has 2 aromatic carbocycles. The van der Waals surface area contributed by atoms with Crippen LogP contribution in [0.5, 0.6) is 0 Å². The van der Waals surface area contributed by atoms with E-state index < -0.39 is 9.85 Å². The van der Waals surface area contributed by atoms with E-state index in [1.54, 1.807) is 24.3 Å². The molecule has 9 heteroatoms. The summed E-state index contributed by atoms with van der Waals surface area (Å²) in [4.78, 5) is 23.0. The smallest absolute Gasteiger partial charge is 0.258 e. The molecule has 1 heterocycles. The molecule has 8 nitrogen and oxygen atoms in total. The Kier molecular flexibility index (Phi) is 6.31. The van der Waals surface area contributed by atoms with Gasteiger partial charge >= 0.3 is 0 Å². The van der Waals surface area contributed by atoms with Gasteiger partial charge in [0.25, 0.3) is 11.4 Å². The van der Waals surface area contributed by atoms with Gasteiger partial charge < -0.3 is 0 Å². The Morgan fingerprint density at radius 3 is 1.48 bits per heavy atom. The van der Waals surface area contributed by atoms with Crippen molar-refractivity contribution in [2.24, 2.45) is 0 Å². The molecular formula is C22H12N4O4S. The van der Waals surface area contributed by atoms with Crippen LogP contribution in [0.15, 0.2) is 48.5 Å². The van der Waals surface area contributed by atoms with E-state index >= 15 is 0 Å². The Hall–Kier alpha value is -4.60. The highest BCUT2D eigenvalue weighted by Gasteiger charge is 2.13. The predicted octanol–water partition coefficient (Wildman–Crippen LogP) is 5.65. The second-order valence-corrected chi connectivity index (χ2v) is 7.34. The lowest BCUT2D eigenvalue weighted by atomic mass is 10.1. The maximum atomic E-state index is 11.2. The third-order valence-electron chi connectivity index (χ3n) is 4.21. The van der Waals surface area contributed by atoms with Crippen molar-refractivity contribution in [2.45, 2.75) is 0 Å². The van der Waals surface area contributed by atoms with Crippen molar-refractivity contribution >= 4 is 47.0 Å². The van der Waals surface area contributed by atoms with Crippen LogP contribution < -0.4 is 0 Å². The average molecular weight is 428 g/mol. The number of benzene rings is 2. The molecule has 0 fully saturated rings. The van der Waals surface area contributed by atoms with Crippen LogP contribution in [0.1, 0.15) is 32.0 Å². The van der Waals surface area contributed by atoms with Crippen molar-refractivity contribution < 1.29 is 9.85 Å². The first-order valence-corrected chi connectivity index (χ1v) is 9.56. The molecule has 150 valence electrons. The monoisotopic (exact) mass is 428 g/mol. The van der Waals surface area contributed by atoms with Crippen molar-refractivity contribution in [3.05, 3.63) is 101 Å². The fraction of sp³-hybridized carbons (Fsp3) is 0. The lowest BCUT2D eigenvalue weighted by Gasteiger charge is -1.98. The van der Waals surface area contributed by atoms with Crippen LogP contribution in [0.25, 0.3) is 24.3 Å². The van der Waals surface area contributed by atoms with Gasteiger partial charge in [0.2, 0.25) is 0 Å². The molecule has 0 unspecified atom stereocenters. The minimum absolute atomic E-state index is 0.153. The molecule has 31 heavy (non-hydrogen) atoms. The molecule has 0 saturated carbocycles. The Bertz CT molecular complexity index is 1230. The van der Waals surface area contributed by atoms with Crippen molar-refractivity contribution in [3.63, 3.8) is 0 Å². The topological polar surface area (TPSA) is 134 Å². The van der Waals surface area contributed by atoms with E-state index in [0.717, 1.165) is 9.75 Å². The van der Waals surface area contributed by atoms with Gasteiger partial charge in [-0.15, -0.1) is 11.3 Å². The zero-order valence-electron chi connectivity index (χ0n) is 15.8. The van der Waals surface area contributed by atoms with Gasteiger partial charge in [-0.25, -0.2) is 0 Å². The van der Waals surface area contributed by atoms with E-state index in [-0.39, 0.29) is 22.5 Å². The van der Waals surface area contributed by atoms with E-state index in [1.807, 2.05) is 24.3 Å². The van der Waals surface area contributed by atoms with Crippen molar-refractivity contribution in [1.82, 2.24) is 0 Å². The summed E-state index contributed by atoms with van der Waals surface area (Å²) in [5, 5.41) is 40.3. The molecule has 0 aliphatic rings. The van der Waals surface area contributed by atoms with Crippen LogP contribution in [0.3, 0.4) is 0 Å². The van der Waals surface area contributed by atoms with Crippen LogP contribution in [0, 0.1) is 42.9 Å². The number of nitriles is 2. The van der Waals surface area contributed by atoms with Crippen LogP contribution >= 0.6 is 11.3 Å². The third kappa shape index (κ3) is 5.07. The van der Waals surface area contributed by atoms with E-state index in [9.17, 15) is 20.2 Å². The molecule has 0 aliphatic carbocycles. The lowest BCUT2D eigenvalue weighted by molar-refractivity contribution is -0.385. The molecule has 0 N–H and O–H groups in total. The summed E-state index contributed by atoms with van der Waals surface area (Å²) in [6.45, 7) is 0. The van der Waals surface area contributed by atoms with E-state index in [1.165, 1.54) is 47.7 Å². The maximum absolute atomic E-state index is 11.2. The Morgan fingerprint density at radius 2 is 1.13 bits per heavy atom. The molecular weight excluding hydrogens is 416 g/mol. The van der Waals surface area contributed by atoms with Gasteiger partial charge in [-0.1, -0.05) is 0 Å². The summed E-state index contributed by atoms with van der Waals surface area (Å²) >= 11 is 1.40. The minimum Gasteiger partial charge on any atom is -0.258 e. The number of rotatable bonds is 6. The van der Waals surface area contributed by atoms with Crippen molar-refractivity contribution in [2.75, 3.05) is 0 Å². The number of hydrogen-bond acceptors (Lipinski definition) is 7. The standard InChI is InChI=1S/C22H12N4O4S/c23-13-15-1-3-17(21(11-15)25(27)28)5-7-19-9-10-20(31-19)8-6-18-4-2-16(14-24)12-22(18)26(29)30/h1-12H. The number of hydrogen-bond donors (Lipinski definition) is 0. The zero-order chi connectivity index (χ0) is 22.4. The maximum Gasteiger partial charge on any atom is 0.277 e. The van der Waals surface area contributed by atoms with Crippen LogP contribution in [0.2, 0.25) is 0 Å². The Balaban J connectivity index is 1.82. The van der Waals surface area contributed by atoms with E-state index in [0.29, 0.717) is 11.1 Å². The van der Waals surface area contributed by atoms with Gasteiger partial charge in [-0.2, -0.15) is 10.5 Å². The largest absolute Gasteiger partial charge is 0.277 e.